The number of nitrogens with zero attached hydrogens (tertiary/aromatic N) is 4. The molecule has 33 heavy (non-hydrogen) atoms. The largest absolute Gasteiger partial charge is 0.485 e. The molecule has 0 aliphatic rings. The maximum Gasteiger partial charge on any atom is 0.255 e. The third-order valence-corrected chi connectivity index (χ3v) is 5.24. The van der Waals surface area contributed by atoms with E-state index < -0.39 is 0 Å². The lowest BCUT2D eigenvalue weighted by Gasteiger charge is -2.08. The van der Waals surface area contributed by atoms with Crippen LogP contribution in [0.1, 0.15) is 22.1 Å². The molecule has 0 radical (unpaired) electrons. The molecular weight excluding hydrogens is 418 g/mol. The van der Waals surface area contributed by atoms with Crippen LogP contribution in [-0.4, -0.2) is 25.6 Å². The zero-order chi connectivity index (χ0) is 22.8. The first-order chi connectivity index (χ1) is 16.1. The molecule has 0 bridgehead atoms. The highest BCUT2D eigenvalue weighted by Crippen LogP contribution is 2.25. The topological polar surface area (TPSA) is 95.1 Å². The number of aromatic nitrogens is 4. The maximum absolute atomic E-state index is 12.6. The van der Waals surface area contributed by atoms with Crippen LogP contribution in [0.25, 0.3) is 22.4 Å². The number of para-hydroxylation sites is 2. The van der Waals surface area contributed by atoms with Crippen molar-refractivity contribution < 1.29 is 14.1 Å². The molecule has 0 atom stereocenters. The standard InChI is InChI=1S/C25H21N5O3/c1-16-26-23(29-33-16)15-32-20-13-9-18(10-14-20)25(31)27-19-11-7-17(8-12-19)24-28-21-5-3-4-6-22(21)30(24)2/h3-14H,15H2,1-2H3,(H,27,31). The first-order valence-corrected chi connectivity index (χ1v) is 10.4. The van der Waals surface area contributed by atoms with Gasteiger partial charge in [-0.05, 0) is 60.7 Å². The van der Waals surface area contributed by atoms with Crippen LogP contribution in [0.5, 0.6) is 5.75 Å². The number of hydrogen-bond acceptors (Lipinski definition) is 6. The fourth-order valence-electron chi connectivity index (χ4n) is 3.56. The maximum atomic E-state index is 12.6. The highest BCUT2D eigenvalue weighted by Gasteiger charge is 2.11. The zero-order valence-corrected chi connectivity index (χ0v) is 18.1. The van der Waals surface area contributed by atoms with Crippen molar-refractivity contribution in [3.05, 3.63) is 90.1 Å². The molecule has 2 aromatic heterocycles. The number of anilines is 1. The molecule has 5 aromatic rings. The summed E-state index contributed by atoms with van der Waals surface area (Å²) in [5, 5.41) is 6.70. The lowest BCUT2D eigenvalue weighted by Crippen LogP contribution is -2.11. The molecule has 5 rings (SSSR count). The van der Waals surface area contributed by atoms with Crippen molar-refractivity contribution in [3.8, 4) is 17.1 Å². The number of amides is 1. The molecule has 0 aliphatic heterocycles. The summed E-state index contributed by atoms with van der Waals surface area (Å²) in [5.41, 5.74) is 4.23. The molecule has 3 aromatic carbocycles. The van der Waals surface area contributed by atoms with Gasteiger partial charge in [-0.25, -0.2) is 4.98 Å². The Morgan fingerprint density at radius 3 is 2.45 bits per heavy atom. The molecule has 8 nitrogen and oxygen atoms in total. The number of benzene rings is 3. The predicted molar refractivity (Wildman–Crippen MR) is 124 cm³/mol. The highest BCUT2D eigenvalue weighted by molar-refractivity contribution is 6.04. The molecule has 0 aliphatic carbocycles. The number of nitrogens with one attached hydrogen (secondary N) is 1. The quantitative estimate of drug-likeness (QED) is 0.410. The number of hydrogen-bond donors (Lipinski definition) is 1. The molecule has 164 valence electrons. The molecule has 0 spiro atoms. The van der Waals surface area contributed by atoms with E-state index in [2.05, 4.69) is 20.0 Å². The fraction of sp³-hybridized carbons (Fsp3) is 0.120. The van der Waals surface area contributed by atoms with Crippen LogP contribution in [0.2, 0.25) is 0 Å². The number of fused-ring (bicyclic) bond motifs is 1. The van der Waals surface area contributed by atoms with E-state index in [0.29, 0.717) is 28.7 Å². The Hall–Kier alpha value is -4.46. The van der Waals surface area contributed by atoms with E-state index in [9.17, 15) is 4.79 Å². The predicted octanol–water partition coefficient (Wildman–Crippen LogP) is 4.76. The number of carbonyl (C=O) groups excluding carboxylic acids is 1. The molecule has 8 heteroatoms. The van der Waals surface area contributed by atoms with Crippen molar-refractivity contribution in [2.24, 2.45) is 7.05 Å². The van der Waals surface area contributed by atoms with Gasteiger partial charge in [-0.3, -0.25) is 4.79 Å². The average molecular weight is 439 g/mol. The van der Waals surface area contributed by atoms with Crippen molar-refractivity contribution in [2.45, 2.75) is 13.5 Å². The van der Waals surface area contributed by atoms with Gasteiger partial charge in [0.25, 0.3) is 5.91 Å². The Bertz CT molecular complexity index is 1420. The van der Waals surface area contributed by atoms with Gasteiger partial charge in [-0.1, -0.05) is 17.3 Å². The second-order valence-corrected chi connectivity index (χ2v) is 7.56. The highest BCUT2D eigenvalue weighted by atomic mass is 16.5. The summed E-state index contributed by atoms with van der Waals surface area (Å²) in [6.45, 7) is 1.92. The lowest BCUT2D eigenvalue weighted by atomic mass is 10.1. The SMILES string of the molecule is Cc1nc(COc2ccc(C(=O)Nc3ccc(-c4nc5ccccc5n4C)cc3)cc2)no1. The first kappa shape index (κ1) is 20.4. The second-order valence-electron chi connectivity index (χ2n) is 7.56. The summed E-state index contributed by atoms with van der Waals surface area (Å²) >= 11 is 0. The first-order valence-electron chi connectivity index (χ1n) is 10.4. The van der Waals surface area contributed by atoms with Crippen molar-refractivity contribution in [2.75, 3.05) is 5.32 Å². The van der Waals surface area contributed by atoms with E-state index in [4.69, 9.17) is 14.2 Å². The molecule has 0 fully saturated rings. The van der Waals surface area contributed by atoms with Gasteiger partial charge in [-0.2, -0.15) is 4.98 Å². The van der Waals surface area contributed by atoms with Gasteiger partial charge >= 0.3 is 0 Å². The third kappa shape index (κ3) is 4.31. The van der Waals surface area contributed by atoms with Crippen molar-refractivity contribution in [1.29, 1.82) is 0 Å². The molecule has 1 amide bonds. The van der Waals surface area contributed by atoms with Gasteiger partial charge in [0.1, 0.15) is 11.6 Å². The Morgan fingerprint density at radius 1 is 1.00 bits per heavy atom. The number of imidazole rings is 1. The zero-order valence-electron chi connectivity index (χ0n) is 18.1. The van der Waals surface area contributed by atoms with Gasteiger partial charge in [-0.15, -0.1) is 0 Å². The van der Waals surface area contributed by atoms with E-state index >= 15 is 0 Å². The summed E-state index contributed by atoms with van der Waals surface area (Å²) < 4.78 is 12.6. The minimum absolute atomic E-state index is 0.195. The van der Waals surface area contributed by atoms with Crippen LogP contribution >= 0.6 is 0 Å². The Balaban J connectivity index is 1.23. The molecule has 2 heterocycles. The molecular formula is C25H21N5O3. The molecule has 0 saturated carbocycles. The van der Waals surface area contributed by atoms with Crippen molar-refractivity contribution in [3.63, 3.8) is 0 Å². The lowest BCUT2D eigenvalue weighted by molar-refractivity contribution is 0.102. The summed E-state index contributed by atoms with van der Waals surface area (Å²) in [6, 6.07) is 22.5. The van der Waals surface area contributed by atoms with Crippen LogP contribution in [0.15, 0.2) is 77.3 Å². The van der Waals surface area contributed by atoms with Crippen molar-refractivity contribution in [1.82, 2.24) is 19.7 Å². The van der Waals surface area contributed by atoms with E-state index in [1.807, 2.05) is 55.6 Å². The number of aryl methyl sites for hydroxylation is 2. The molecule has 0 saturated heterocycles. The van der Waals surface area contributed by atoms with Crippen LogP contribution < -0.4 is 10.1 Å². The van der Waals surface area contributed by atoms with Crippen LogP contribution in [-0.2, 0) is 13.7 Å². The summed E-state index contributed by atoms with van der Waals surface area (Å²) in [7, 11) is 2.00. The average Bonchev–Trinajstić information content (AvgIpc) is 3.41. The van der Waals surface area contributed by atoms with E-state index in [0.717, 1.165) is 22.4 Å². The summed E-state index contributed by atoms with van der Waals surface area (Å²) in [5.74, 6) is 2.24. The van der Waals surface area contributed by atoms with E-state index in [1.165, 1.54) is 0 Å². The molecule has 0 unspecified atom stereocenters. The third-order valence-electron chi connectivity index (χ3n) is 5.24. The van der Waals surface area contributed by atoms with Gasteiger partial charge in [0.15, 0.2) is 6.61 Å². The van der Waals surface area contributed by atoms with Crippen LogP contribution in [0, 0.1) is 6.92 Å². The van der Waals surface area contributed by atoms with Gasteiger partial charge in [0.2, 0.25) is 11.7 Å². The summed E-state index contributed by atoms with van der Waals surface area (Å²) in [4.78, 5) is 21.4. The second kappa shape index (κ2) is 8.58. The van der Waals surface area contributed by atoms with E-state index in [1.54, 1.807) is 31.2 Å². The number of rotatable bonds is 6. The summed E-state index contributed by atoms with van der Waals surface area (Å²) in [6.07, 6.45) is 0. The number of ether oxygens (including phenoxy) is 1. The van der Waals surface area contributed by atoms with Gasteiger partial charge in [0, 0.05) is 30.8 Å². The van der Waals surface area contributed by atoms with E-state index in [-0.39, 0.29) is 12.5 Å². The minimum atomic E-state index is -0.203. The van der Waals surface area contributed by atoms with Crippen LogP contribution in [0.4, 0.5) is 5.69 Å². The Morgan fingerprint density at radius 2 is 1.76 bits per heavy atom. The minimum Gasteiger partial charge on any atom is -0.485 e. The van der Waals surface area contributed by atoms with Crippen molar-refractivity contribution >= 4 is 22.6 Å². The Labute approximate surface area is 189 Å². The molecule has 1 N–H and O–H groups in total. The van der Waals surface area contributed by atoms with Gasteiger partial charge in [0.05, 0.1) is 11.0 Å². The van der Waals surface area contributed by atoms with Crippen LogP contribution in [0.3, 0.4) is 0 Å². The monoisotopic (exact) mass is 439 g/mol. The van der Waals surface area contributed by atoms with Gasteiger partial charge < -0.3 is 19.1 Å². The Kier molecular flexibility index (Phi) is 5.32. The smallest absolute Gasteiger partial charge is 0.255 e. The number of carbonyl (C=O) groups is 1. The normalized spacial score (nSPS) is 11.0. The fourth-order valence-corrected chi connectivity index (χ4v) is 3.56.